The third-order valence-corrected chi connectivity index (χ3v) is 1.83. The van der Waals surface area contributed by atoms with Crippen LogP contribution < -0.4 is 0 Å². The van der Waals surface area contributed by atoms with E-state index < -0.39 is 0 Å². The van der Waals surface area contributed by atoms with Crippen molar-refractivity contribution in [2.24, 2.45) is 0 Å². The maximum absolute atomic E-state index is 11.1. The van der Waals surface area contributed by atoms with Gasteiger partial charge in [0.15, 0.2) is 0 Å². The van der Waals surface area contributed by atoms with Crippen LogP contribution in [0.25, 0.3) is 0 Å². The Balaban J connectivity index is 0.000001000. The fourth-order valence-electron chi connectivity index (χ4n) is 1.20. The van der Waals surface area contributed by atoms with Gasteiger partial charge in [-0.25, -0.2) is 0 Å². The minimum absolute atomic E-state index is 0. The van der Waals surface area contributed by atoms with Crippen LogP contribution in [0.3, 0.4) is 0 Å². The molecule has 1 aliphatic heterocycles. The van der Waals surface area contributed by atoms with Crippen LogP contribution in [0.5, 0.6) is 0 Å². The number of carbonyl (C=O) groups excluding carboxylic acids is 1. The van der Waals surface area contributed by atoms with Crippen molar-refractivity contribution in [1.82, 2.24) is 4.90 Å². The third kappa shape index (κ3) is 3.21. The molecule has 0 saturated carbocycles. The van der Waals surface area contributed by atoms with Gasteiger partial charge in [-0.3, -0.25) is 4.79 Å². The van der Waals surface area contributed by atoms with Crippen molar-refractivity contribution in [3.63, 3.8) is 0 Å². The van der Waals surface area contributed by atoms with Crippen molar-refractivity contribution in [2.75, 3.05) is 6.54 Å². The molecule has 0 N–H and O–H groups in total. The first kappa shape index (κ1) is 10.9. The molecule has 2 nitrogen and oxygen atoms in total. The molecule has 1 aliphatic rings. The molecule has 0 aromatic rings. The van der Waals surface area contributed by atoms with Crippen molar-refractivity contribution >= 4 is 5.91 Å². The fourth-order valence-corrected chi connectivity index (χ4v) is 1.20. The van der Waals surface area contributed by atoms with Gasteiger partial charge in [0, 0.05) is 34.7 Å². The van der Waals surface area contributed by atoms with Gasteiger partial charge in [0.05, 0.1) is 0 Å². The van der Waals surface area contributed by atoms with Gasteiger partial charge in [0.1, 0.15) is 0 Å². The summed E-state index contributed by atoms with van der Waals surface area (Å²) in [5.74, 6) is 0.229. The summed E-state index contributed by atoms with van der Waals surface area (Å²) >= 11 is 0. The summed E-state index contributed by atoms with van der Waals surface area (Å²) in [5, 5.41) is 0. The number of carbonyl (C=O) groups is 1. The quantitative estimate of drug-likeness (QED) is 0.570. The van der Waals surface area contributed by atoms with Crippen molar-refractivity contribution in [3.8, 4) is 0 Å². The van der Waals surface area contributed by atoms with E-state index in [1.165, 1.54) is 6.42 Å². The molecule has 11 heavy (non-hydrogen) atoms. The summed E-state index contributed by atoms with van der Waals surface area (Å²) in [6.45, 7) is 4.44. The van der Waals surface area contributed by atoms with Gasteiger partial charge in [-0.05, 0) is 19.0 Å². The molecular weight excluding hydrogens is 174 g/mol. The smallest absolute Gasteiger partial charge is 0.226 e. The second-order valence-electron chi connectivity index (χ2n) is 2.58. The van der Waals surface area contributed by atoms with Crippen LogP contribution in [-0.4, -0.2) is 17.4 Å². The maximum atomic E-state index is 11.1. The Hall–Kier alpha value is -0.0757. The number of rotatable bonds is 1. The molecule has 1 saturated heterocycles. The van der Waals surface area contributed by atoms with Crippen LogP contribution in [0.15, 0.2) is 12.8 Å². The fraction of sp³-hybridized carbons (Fsp3) is 0.625. The predicted octanol–water partition coefficient (Wildman–Crippen LogP) is 1.53. The monoisotopic (exact) mass is 187 g/mol. The summed E-state index contributed by atoms with van der Waals surface area (Å²) in [4.78, 5) is 12.8. The van der Waals surface area contributed by atoms with Crippen LogP contribution in [0, 0.1) is 0 Å². The zero-order valence-corrected chi connectivity index (χ0v) is 8.24. The number of likely N-dealkylation sites (tertiary alicyclic amines) is 1. The average Bonchev–Trinajstić information content (AvgIpc) is 2.13. The molecule has 1 rings (SSSR count). The van der Waals surface area contributed by atoms with Gasteiger partial charge in [-0.1, -0.05) is 13.0 Å². The molecule has 1 heterocycles. The Labute approximate surface area is 82.5 Å². The van der Waals surface area contributed by atoms with E-state index in [2.05, 4.69) is 6.58 Å². The zero-order valence-electron chi connectivity index (χ0n) is 6.68. The summed E-state index contributed by atoms with van der Waals surface area (Å²) in [6.07, 6.45) is 5.68. The molecule has 1 amide bonds. The van der Waals surface area contributed by atoms with Gasteiger partial charge < -0.3 is 4.90 Å². The topological polar surface area (TPSA) is 20.3 Å². The van der Waals surface area contributed by atoms with E-state index in [9.17, 15) is 4.79 Å². The number of nitrogens with zero attached hydrogens (tertiary/aromatic N) is 1. The Bertz CT molecular complexity index is 147. The molecule has 0 unspecified atom stereocenters. The van der Waals surface area contributed by atoms with E-state index in [1.807, 2.05) is 0 Å². The van der Waals surface area contributed by atoms with E-state index in [0.29, 0.717) is 6.42 Å². The molecule has 0 aromatic carbocycles. The van der Waals surface area contributed by atoms with Gasteiger partial charge in [-0.15, -0.1) is 0 Å². The Morgan fingerprint density at radius 3 is 2.73 bits per heavy atom. The van der Waals surface area contributed by atoms with E-state index in [4.69, 9.17) is 0 Å². The normalized spacial score (nSPS) is 18.5. The van der Waals surface area contributed by atoms with Crippen LogP contribution >= 0.6 is 0 Å². The zero-order chi connectivity index (χ0) is 7.40. The maximum Gasteiger partial charge on any atom is 0.226 e. The molecule has 1 fully saturated rings. The van der Waals surface area contributed by atoms with Crippen molar-refractivity contribution in [2.45, 2.75) is 25.7 Å². The van der Waals surface area contributed by atoms with E-state index >= 15 is 0 Å². The first-order chi connectivity index (χ1) is 4.84. The minimum Gasteiger partial charge on any atom is -0.320 e. The Morgan fingerprint density at radius 1 is 1.36 bits per heavy atom. The standard InChI is InChI=1S/C8H13NO.Ti/c1-2-9-7-5-3-4-6-8(9)10;/h2H,1,3-7H2;. The van der Waals surface area contributed by atoms with Crippen molar-refractivity contribution < 1.29 is 26.5 Å². The molecule has 0 aromatic heterocycles. The average molecular weight is 187 g/mol. The van der Waals surface area contributed by atoms with Crippen LogP contribution in [0.4, 0.5) is 0 Å². The molecule has 0 radical (unpaired) electrons. The SMILES string of the molecule is C=CN1CCCCCC1=O.[Ti]. The summed E-state index contributed by atoms with van der Waals surface area (Å²) in [5.41, 5.74) is 0. The number of amides is 1. The van der Waals surface area contributed by atoms with Gasteiger partial charge in [0.25, 0.3) is 0 Å². The molecule has 0 aliphatic carbocycles. The summed E-state index contributed by atoms with van der Waals surface area (Å²) in [6, 6.07) is 0. The molecule has 0 bridgehead atoms. The molecule has 3 heteroatoms. The summed E-state index contributed by atoms with van der Waals surface area (Å²) < 4.78 is 0. The Morgan fingerprint density at radius 2 is 2.09 bits per heavy atom. The first-order valence-corrected chi connectivity index (χ1v) is 3.76. The second-order valence-corrected chi connectivity index (χ2v) is 2.58. The summed E-state index contributed by atoms with van der Waals surface area (Å²) in [7, 11) is 0. The van der Waals surface area contributed by atoms with Gasteiger partial charge in [-0.2, -0.15) is 0 Å². The number of hydrogen-bond donors (Lipinski definition) is 0. The Kier molecular flexibility index (Phi) is 5.52. The largest absolute Gasteiger partial charge is 0.320 e. The molecule has 0 atom stereocenters. The third-order valence-electron chi connectivity index (χ3n) is 1.83. The van der Waals surface area contributed by atoms with E-state index in [-0.39, 0.29) is 27.6 Å². The minimum atomic E-state index is 0. The van der Waals surface area contributed by atoms with Crippen molar-refractivity contribution in [3.05, 3.63) is 12.8 Å². The van der Waals surface area contributed by atoms with Crippen LogP contribution in [-0.2, 0) is 26.5 Å². The number of hydrogen-bond acceptors (Lipinski definition) is 1. The second kappa shape index (κ2) is 5.56. The first-order valence-electron chi connectivity index (χ1n) is 3.76. The van der Waals surface area contributed by atoms with Gasteiger partial charge >= 0.3 is 0 Å². The predicted molar refractivity (Wildman–Crippen MR) is 40.4 cm³/mol. The van der Waals surface area contributed by atoms with E-state index in [1.54, 1.807) is 11.1 Å². The van der Waals surface area contributed by atoms with Crippen LogP contribution in [0.1, 0.15) is 25.7 Å². The van der Waals surface area contributed by atoms with Gasteiger partial charge in [0.2, 0.25) is 5.91 Å². The molecule has 60 valence electrons. The van der Waals surface area contributed by atoms with Crippen molar-refractivity contribution in [1.29, 1.82) is 0 Å². The van der Waals surface area contributed by atoms with Crippen LogP contribution in [0.2, 0.25) is 0 Å². The molecule has 0 spiro atoms. The molecular formula is C8H13NOTi. The van der Waals surface area contributed by atoms with E-state index in [0.717, 1.165) is 19.4 Å².